The Labute approximate surface area is 241 Å². The van der Waals surface area contributed by atoms with Gasteiger partial charge in [0, 0.05) is 35.2 Å². The van der Waals surface area contributed by atoms with Gasteiger partial charge >= 0.3 is 0 Å². The SMILES string of the molecule is CCNOS(=O)(=O)CCC[n+]1c(C=C2Sc3ccc(Cl)cc3N2CCCS(=O)(=O)[O-])sc2ccc(OC)cc21. The first-order valence-electron chi connectivity index (χ1n) is 12.0. The highest BCUT2D eigenvalue weighted by atomic mass is 35.5. The van der Waals surface area contributed by atoms with Gasteiger partial charge in [0.05, 0.1) is 45.8 Å². The Balaban J connectivity index is 1.69. The van der Waals surface area contributed by atoms with E-state index in [9.17, 15) is 21.4 Å². The van der Waals surface area contributed by atoms with E-state index in [4.69, 9.17) is 20.6 Å². The maximum atomic E-state index is 12.2. The van der Waals surface area contributed by atoms with Crippen LogP contribution in [0.3, 0.4) is 0 Å². The third kappa shape index (κ3) is 7.85. The average Bonchev–Trinajstić information content (AvgIpc) is 3.38. The first-order valence-corrected chi connectivity index (χ1v) is 17.2. The van der Waals surface area contributed by atoms with Crippen molar-refractivity contribution in [1.29, 1.82) is 0 Å². The molecule has 1 aliphatic heterocycles. The van der Waals surface area contributed by atoms with Gasteiger partial charge in [0.15, 0.2) is 6.54 Å². The third-order valence-electron chi connectivity index (χ3n) is 5.76. The molecule has 212 valence electrons. The summed E-state index contributed by atoms with van der Waals surface area (Å²) in [5.74, 6) is 0.0384. The number of aromatic nitrogens is 1. The van der Waals surface area contributed by atoms with Crippen LogP contribution in [0.15, 0.2) is 46.3 Å². The standard InChI is InChI=1S/C24H28ClN3O7S4/c1-3-26-35-39(32,33)13-5-11-28-20-15-18(34-2)7-9-22(20)37-24(28)16-23-27(10-4-12-38(29,30)31)19-14-17(25)6-8-21(19)36-23/h6-9,14-16,26H,3-5,10-13H2,1-2H3. The second kappa shape index (κ2) is 12.7. The van der Waals surface area contributed by atoms with Crippen LogP contribution in [0.4, 0.5) is 5.69 Å². The van der Waals surface area contributed by atoms with Crippen LogP contribution in [0.5, 0.6) is 5.75 Å². The normalized spacial score (nSPS) is 14.9. The van der Waals surface area contributed by atoms with Gasteiger partial charge in [0.1, 0.15) is 10.4 Å². The number of fused-ring (bicyclic) bond motifs is 2. The lowest BCUT2D eigenvalue weighted by atomic mass is 10.2. The summed E-state index contributed by atoms with van der Waals surface area (Å²) in [5, 5.41) is 2.25. The van der Waals surface area contributed by atoms with E-state index in [1.165, 1.54) is 23.1 Å². The van der Waals surface area contributed by atoms with Gasteiger partial charge in [-0.15, -0.1) is 0 Å². The molecule has 0 radical (unpaired) electrons. The number of thioether (sulfide) groups is 1. The highest BCUT2D eigenvalue weighted by molar-refractivity contribution is 8.04. The van der Waals surface area contributed by atoms with Gasteiger partial charge < -0.3 is 14.2 Å². The van der Waals surface area contributed by atoms with Crippen molar-refractivity contribution < 1.29 is 35.0 Å². The molecule has 2 heterocycles. The molecule has 0 aliphatic carbocycles. The van der Waals surface area contributed by atoms with E-state index in [0.717, 1.165) is 30.8 Å². The molecule has 2 aromatic carbocycles. The van der Waals surface area contributed by atoms with Crippen molar-refractivity contribution >= 4 is 76.9 Å². The summed E-state index contributed by atoms with van der Waals surface area (Å²) in [6.07, 6.45) is 2.46. The molecule has 39 heavy (non-hydrogen) atoms. The quantitative estimate of drug-likeness (QED) is 0.168. The lowest BCUT2D eigenvalue weighted by Gasteiger charge is -2.20. The Morgan fingerprint density at radius 3 is 2.64 bits per heavy atom. The van der Waals surface area contributed by atoms with Gasteiger partial charge in [-0.1, -0.05) is 41.6 Å². The van der Waals surface area contributed by atoms with Gasteiger partial charge in [-0.3, -0.25) is 0 Å². The van der Waals surface area contributed by atoms with E-state index < -0.39 is 26.0 Å². The number of anilines is 1. The average molecular weight is 634 g/mol. The number of nitrogens with one attached hydrogen (secondary N) is 1. The summed E-state index contributed by atoms with van der Waals surface area (Å²) in [6, 6.07) is 11.2. The second-order valence-corrected chi connectivity index (χ2v) is 14.4. The van der Waals surface area contributed by atoms with Crippen LogP contribution < -0.4 is 19.7 Å². The maximum Gasteiger partial charge on any atom is 0.283 e. The molecule has 10 nitrogen and oxygen atoms in total. The second-order valence-electron chi connectivity index (χ2n) is 8.59. The number of halogens is 1. The topological polar surface area (TPSA) is 129 Å². The molecule has 0 atom stereocenters. The van der Waals surface area contributed by atoms with Gasteiger partial charge in [0.25, 0.3) is 15.1 Å². The van der Waals surface area contributed by atoms with Crippen LogP contribution in [0.2, 0.25) is 5.02 Å². The fourth-order valence-electron chi connectivity index (χ4n) is 4.05. The molecule has 1 N–H and O–H groups in total. The number of methoxy groups -OCH3 is 1. The predicted molar refractivity (Wildman–Crippen MR) is 154 cm³/mol. The highest BCUT2D eigenvalue weighted by Gasteiger charge is 2.28. The fraction of sp³-hybridized carbons (Fsp3) is 0.375. The van der Waals surface area contributed by atoms with Crippen molar-refractivity contribution in [2.45, 2.75) is 31.2 Å². The summed E-state index contributed by atoms with van der Waals surface area (Å²) in [7, 11) is -6.49. The summed E-state index contributed by atoms with van der Waals surface area (Å²) in [6.45, 7) is 2.82. The van der Waals surface area contributed by atoms with Gasteiger partial charge in [0.2, 0.25) is 5.52 Å². The third-order valence-corrected chi connectivity index (χ3v) is 10.2. The fourth-order valence-corrected chi connectivity index (χ4v) is 7.85. The number of hydroxylamine groups is 1. The molecule has 1 aromatic heterocycles. The molecule has 0 saturated heterocycles. The minimum absolute atomic E-state index is 0.156. The van der Waals surface area contributed by atoms with Crippen molar-refractivity contribution in [2.24, 2.45) is 0 Å². The summed E-state index contributed by atoms with van der Waals surface area (Å²) < 4.78 is 71.3. The summed E-state index contributed by atoms with van der Waals surface area (Å²) in [4.78, 5) is 2.91. The molecule has 0 amide bonds. The summed E-state index contributed by atoms with van der Waals surface area (Å²) >= 11 is 9.31. The number of hydrogen-bond acceptors (Lipinski definition) is 11. The molecule has 15 heteroatoms. The Bertz CT molecular complexity index is 1590. The lowest BCUT2D eigenvalue weighted by molar-refractivity contribution is -0.668. The number of thiazole rings is 1. The number of benzene rings is 2. The molecule has 0 unspecified atom stereocenters. The van der Waals surface area contributed by atoms with Gasteiger partial charge in [-0.05, 0) is 36.8 Å². The molecule has 0 bridgehead atoms. The van der Waals surface area contributed by atoms with E-state index in [1.54, 1.807) is 20.1 Å². The van der Waals surface area contributed by atoms with Crippen LogP contribution in [-0.2, 0) is 31.1 Å². The Hall–Kier alpha value is -1.91. The van der Waals surface area contributed by atoms with Crippen LogP contribution >= 0.6 is 34.7 Å². The van der Waals surface area contributed by atoms with E-state index in [1.807, 2.05) is 45.9 Å². The zero-order valence-electron chi connectivity index (χ0n) is 21.3. The Kier molecular flexibility index (Phi) is 9.81. The van der Waals surface area contributed by atoms with E-state index in [2.05, 4.69) is 5.48 Å². The molecule has 0 saturated carbocycles. The molecule has 0 spiro atoms. The number of nitrogens with zero attached hydrogens (tertiary/aromatic N) is 2. The lowest BCUT2D eigenvalue weighted by Crippen LogP contribution is -2.36. The minimum Gasteiger partial charge on any atom is -0.748 e. The largest absolute Gasteiger partial charge is 0.748 e. The Morgan fingerprint density at radius 1 is 1.13 bits per heavy atom. The maximum absolute atomic E-state index is 12.2. The first-order chi connectivity index (χ1) is 18.5. The number of aryl methyl sites for hydroxylation is 1. The zero-order chi connectivity index (χ0) is 28.2. The van der Waals surface area contributed by atoms with Crippen LogP contribution in [0.1, 0.15) is 24.8 Å². The van der Waals surface area contributed by atoms with Crippen molar-refractivity contribution in [1.82, 2.24) is 5.48 Å². The molecule has 3 aromatic rings. The number of hydrogen-bond donors (Lipinski definition) is 1. The van der Waals surface area contributed by atoms with Crippen molar-refractivity contribution in [3.8, 4) is 5.75 Å². The van der Waals surface area contributed by atoms with E-state index in [0.29, 0.717) is 36.8 Å². The van der Waals surface area contributed by atoms with Crippen molar-refractivity contribution in [3.05, 3.63) is 51.5 Å². The Morgan fingerprint density at radius 2 is 1.92 bits per heavy atom. The molecular weight excluding hydrogens is 606 g/mol. The number of ether oxygens (including phenoxy) is 1. The zero-order valence-corrected chi connectivity index (χ0v) is 25.3. The minimum atomic E-state index is -4.34. The van der Waals surface area contributed by atoms with Gasteiger partial charge in [-0.2, -0.15) is 22.7 Å². The van der Waals surface area contributed by atoms with E-state index >= 15 is 0 Å². The highest BCUT2D eigenvalue weighted by Crippen LogP contribution is 2.48. The predicted octanol–water partition coefficient (Wildman–Crippen LogP) is 3.96. The van der Waals surface area contributed by atoms with Crippen LogP contribution in [0.25, 0.3) is 16.3 Å². The van der Waals surface area contributed by atoms with Crippen LogP contribution in [0, 0.1) is 0 Å². The van der Waals surface area contributed by atoms with Crippen molar-refractivity contribution in [3.63, 3.8) is 0 Å². The molecule has 0 fully saturated rings. The number of rotatable bonds is 13. The molecular formula is C24H28ClN3O7S4. The van der Waals surface area contributed by atoms with Crippen molar-refractivity contribution in [2.75, 3.05) is 36.6 Å². The van der Waals surface area contributed by atoms with Gasteiger partial charge in [-0.25, -0.2) is 8.42 Å². The van der Waals surface area contributed by atoms with E-state index in [-0.39, 0.29) is 12.2 Å². The molecule has 1 aliphatic rings. The monoisotopic (exact) mass is 633 g/mol. The van der Waals surface area contributed by atoms with Crippen LogP contribution in [-0.4, -0.2) is 53.1 Å². The smallest absolute Gasteiger partial charge is 0.283 e. The molecule has 4 rings (SSSR count). The first kappa shape index (κ1) is 30.1. The summed E-state index contributed by atoms with van der Waals surface area (Å²) in [5.41, 5.74) is 4.11.